The summed E-state index contributed by atoms with van der Waals surface area (Å²) in [4.78, 5) is -1.17. The van der Waals surface area contributed by atoms with Crippen LogP contribution in [0.1, 0.15) is 0 Å². The molecule has 6 aromatic rings. The van der Waals surface area contributed by atoms with Gasteiger partial charge in [0.2, 0.25) is 0 Å². The molecular weight excluding hydrogens is 684 g/mol. The van der Waals surface area contributed by atoms with E-state index in [0.717, 1.165) is 35.4 Å². The van der Waals surface area contributed by atoms with E-state index in [1.807, 2.05) is 0 Å². The first kappa shape index (κ1) is 35.4. The van der Waals surface area contributed by atoms with Crippen molar-refractivity contribution in [1.82, 2.24) is 0 Å². The molecular formula is C32H22N6NaO8S2-. The van der Waals surface area contributed by atoms with E-state index in [2.05, 4.69) is 20.5 Å². The molecule has 0 fully saturated rings. The van der Waals surface area contributed by atoms with Gasteiger partial charge in [-0.2, -0.15) is 10.2 Å². The van der Waals surface area contributed by atoms with E-state index in [1.54, 1.807) is 48.5 Å². The van der Waals surface area contributed by atoms with E-state index < -0.39 is 41.5 Å². The van der Waals surface area contributed by atoms with Crippen molar-refractivity contribution in [1.29, 1.82) is 0 Å². The van der Waals surface area contributed by atoms with Gasteiger partial charge in [-0.3, -0.25) is 0 Å². The van der Waals surface area contributed by atoms with E-state index in [-0.39, 0.29) is 73.9 Å². The van der Waals surface area contributed by atoms with Crippen LogP contribution in [-0.4, -0.2) is 36.2 Å². The number of nitrogens with two attached hydrogens (primary N) is 2. The molecule has 14 nitrogen and oxygen atoms in total. The van der Waals surface area contributed by atoms with Crippen molar-refractivity contribution in [2.24, 2.45) is 20.5 Å². The van der Waals surface area contributed by atoms with Crippen LogP contribution in [0.25, 0.3) is 32.7 Å². The maximum absolute atomic E-state index is 11.4. The summed E-state index contributed by atoms with van der Waals surface area (Å²) in [6, 6.07) is 23.8. The normalized spacial score (nSPS) is 12.2. The van der Waals surface area contributed by atoms with Crippen molar-refractivity contribution in [2.75, 3.05) is 11.5 Å². The molecule has 0 aliphatic heterocycles. The maximum atomic E-state index is 11.4. The molecule has 0 aliphatic carbocycles. The third-order valence-electron chi connectivity index (χ3n) is 7.32. The molecule has 0 aromatic heterocycles. The zero-order chi connectivity index (χ0) is 34.4. The number of benzene rings is 6. The van der Waals surface area contributed by atoms with Crippen LogP contribution in [0.5, 0.6) is 11.5 Å². The molecule has 6 N–H and O–H groups in total. The number of anilines is 2. The third-order valence-corrected chi connectivity index (χ3v) is 8.95. The number of rotatable bonds is 7. The SMILES string of the molecule is Nc1ccc2cc(S(=O)(=O)[O-])cc(O)c2c1N=Nc1ccc(-c2ccc(N=Nc3c(N)ccc4cc(S(=O)(=O)[O-])cc(O)c34)cc2)cc1.[Na+]. The summed E-state index contributed by atoms with van der Waals surface area (Å²) in [6.07, 6.45) is 0. The molecule has 17 heteroatoms. The van der Waals surface area contributed by atoms with E-state index in [0.29, 0.717) is 11.4 Å². The molecule has 0 radical (unpaired) electrons. The number of hydrogen-bond donors (Lipinski definition) is 4. The Balaban J connectivity index is 0.00000468. The van der Waals surface area contributed by atoms with Gasteiger partial charge in [-0.15, -0.1) is 10.2 Å². The van der Waals surface area contributed by atoms with Crippen LogP contribution in [0.2, 0.25) is 0 Å². The molecule has 49 heavy (non-hydrogen) atoms. The van der Waals surface area contributed by atoms with E-state index in [9.17, 15) is 36.2 Å². The van der Waals surface area contributed by atoms with Gasteiger partial charge in [0, 0.05) is 0 Å². The molecule has 6 aromatic carbocycles. The largest absolute Gasteiger partial charge is 1.00 e. The molecule has 0 unspecified atom stereocenters. The van der Waals surface area contributed by atoms with Crippen molar-refractivity contribution < 1.29 is 65.7 Å². The Kier molecular flexibility index (Phi) is 9.76. The summed E-state index contributed by atoms with van der Waals surface area (Å²) in [5.41, 5.74) is 15.3. The van der Waals surface area contributed by atoms with Gasteiger partial charge in [-0.05, 0) is 82.6 Å². The van der Waals surface area contributed by atoms with Crippen LogP contribution in [0.4, 0.5) is 34.1 Å². The van der Waals surface area contributed by atoms with Gasteiger partial charge in [0.15, 0.2) is 0 Å². The second-order valence-electron chi connectivity index (χ2n) is 10.5. The fourth-order valence-corrected chi connectivity index (χ4v) is 6.04. The van der Waals surface area contributed by atoms with Gasteiger partial charge in [0.1, 0.15) is 43.1 Å². The minimum Gasteiger partial charge on any atom is -0.744 e. The number of phenols is 2. The first-order valence-corrected chi connectivity index (χ1v) is 16.6. The van der Waals surface area contributed by atoms with Crippen LogP contribution in [0.15, 0.2) is 127 Å². The predicted octanol–water partition coefficient (Wildman–Crippen LogP) is 3.88. The zero-order valence-electron chi connectivity index (χ0n) is 25.3. The summed E-state index contributed by atoms with van der Waals surface area (Å²) in [6.45, 7) is 0. The van der Waals surface area contributed by atoms with Crippen LogP contribution in [-0.2, 0) is 20.2 Å². The Labute approximate surface area is 301 Å². The number of fused-ring (bicyclic) bond motifs is 2. The summed E-state index contributed by atoms with van der Waals surface area (Å²) in [5, 5.41) is 38.5. The summed E-state index contributed by atoms with van der Waals surface area (Å²) in [7, 11) is -9.59. The second-order valence-corrected chi connectivity index (χ2v) is 13.2. The Hall–Kier alpha value is -4.94. The third kappa shape index (κ3) is 7.40. The average molecular weight is 706 g/mol. The molecule has 242 valence electrons. The van der Waals surface area contributed by atoms with Crippen molar-refractivity contribution in [3.63, 3.8) is 0 Å². The van der Waals surface area contributed by atoms with Crippen molar-refractivity contribution in [2.45, 2.75) is 9.79 Å². The van der Waals surface area contributed by atoms with E-state index in [4.69, 9.17) is 11.5 Å². The zero-order valence-corrected chi connectivity index (χ0v) is 29.0. The second kappa shape index (κ2) is 13.5. The van der Waals surface area contributed by atoms with Gasteiger partial charge in [-0.25, -0.2) is 16.8 Å². The number of nitrogens with zero attached hydrogens (tertiary/aromatic N) is 4. The van der Waals surface area contributed by atoms with Gasteiger partial charge in [0.05, 0.1) is 43.3 Å². The predicted molar refractivity (Wildman–Crippen MR) is 176 cm³/mol. The molecule has 0 heterocycles. The number of aromatic hydroxyl groups is 2. The first-order chi connectivity index (χ1) is 22.7. The molecule has 0 amide bonds. The average Bonchev–Trinajstić information content (AvgIpc) is 3.03. The van der Waals surface area contributed by atoms with E-state index in [1.165, 1.54) is 24.3 Å². The van der Waals surface area contributed by atoms with Crippen LogP contribution in [0, 0.1) is 0 Å². The molecule has 0 atom stereocenters. The summed E-state index contributed by atoms with van der Waals surface area (Å²) in [5.74, 6) is -0.959. The van der Waals surface area contributed by atoms with Gasteiger partial charge in [0.25, 0.3) is 0 Å². The smallest absolute Gasteiger partial charge is 0.744 e. The molecule has 0 saturated carbocycles. The van der Waals surface area contributed by atoms with Crippen LogP contribution in [0.3, 0.4) is 0 Å². The van der Waals surface area contributed by atoms with Gasteiger partial charge in [-0.1, -0.05) is 36.4 Å². The van der Waals surface area contributed by atoms with Crippen molar-refractivity contribution in [3.05, 3.63) is 97.1 Å². The van der Waals surface area contributed by atoms with Gasteiger partial charge >= 0.3 is 29.6 Å². The Morgan fingerprint density at radius 1 is 0.510 bits per heavy atom. The molecule has 6 rings (SSSR count). The number of hydrogen-bond acceptors (Lipinski definition) is 14. The molecule has 0 spiro atoms. The Bertz CT molecular complexity index is 2370. The fourth-order valence-electron chi connectivity index (χ4n) is 4.99. The monoisotopic (exact) mass is 705 g/mol. The number of phenolic OH excluding ortho intramolecular Hbond substituents is 2. The summed E-state index contributed by atoms with van der Waals surface area (Å²) < 4.78 is 68.6. The van der Waals surface area contributed by atoms with Gasteiger partial charge < -0.3 is 30.8 Å². The minimum absolute atomic E-state index is 0. The van der Waals surface area contributed by atoms with Crippen LogP contribution < -0.4 is 41.0 Å². The van der Waals surface area contributed by atoms with Crippen molar-refractivity contribution in [3.8, 4) is 22.6 Å². The fraction of sp³-hybridized carbons (Fsp3) is 0. The Morgan fingerprint density at radius 3 is 1.18 bits per heavy atom. The standard InChI is InChI=1S/C32H24N6O8S2.Na/c33-25-11-5-19-13-23(47(41,42)43)15-27(39)29(19)31(25)37-35-21-7-1-17(2-8-21)18-3-9-22(10-4-18)36-38-32-26(34)12-6-20-14-24(48(44,45)46)16-28(40)30(20)32;/h1-16,39-40H,33-34H2,(H,41,42,43)(H,44,45,46);/q;+1/p-2. The molecule has 0 aliphatic rings. The quantitative estimate of drug-likeness (QED) is 0.0806. The number of azo groups is 2. The molecule has 0 bridgehead atoms. The Morgan fingerprint density at radius 2 is 0.857 bits per heavy atom. The summed E-state index contributed by atoms with van der Waals surface area (Å²) >= 11 is 0. The molecule has 0 saturated heterocycles. The first-order valence-electron chi connectivity index (χ1n) is 13.8. The topological polar surface area (TPSA) is 256 Å². The maximum Gasteiger partial charge on any atom is 1.00 e. The minimum atomic E-state index is -4.80. The van der Waals surface area contributed by atoms with E-state index >= 15 is 0 Å². The van der Waals surface area contributed by atoms with Crippen LogP contribution >= 0.6 is 0 Å². The number of nitrogen functional groups attached to an aromatic ring is 2. The van der Waals surface area contributed by atoms with Crippen molar-refractivity contribution >= 4 is 75.9 Å².